The Kier molecular flexibility index (Phi) is 5.56. The molecule has 3 N–H and O–H groups in total. The van der Waals surface area contributed by atoms with Crippen LogP contribution in [0.3, 0.4) is 0 Å². The van der Waals surface area contributed by atoms with Crippen LogP contribution in [0.2, 0.25) is 0 Å². The van der Waals surface area contributed by atoms with Crippen molar-refractivity contribution in [1.29, 1.82) is 5.26 Å². The van der Waals surface area contributed by atoms with Crippen LogP contribution >= 0.6 is 0 Å². The molecule has 158 valence electrons. The normalized spacial score (nSPS) is 19.6. The Morgan fingerprint density at radius 3 is 2.87 bits per heavy atom. The Morgan fingerprint density at radius 1 is 1.53 bits per heavy atom. The van der Waals surface area contributed by atoms with Gasteiger partial charge in [-0.25, -0.2) is 17.5 Å². The zero-order valence-corrected chi connectivity index (χ0v) is 17.3. The maximum atomic E-state index is 13.5. The summed E-state index contributed by atoms with van der Waals surface area (Å²) in [4.78, 5) is 12.9. The number of halogens is 1. The lowest BCUT2D eigenvalue weighted by Crippen LogP contribution is -2.49. The van der Waals surface area contributed by atoms with Crippen LogP contribution in [0, 0.1) is 17.1 Å². The van der Waals surface area contributed by atoms with E-state index in [1.165, 1.54) is 35.9 Å². The summed E-state index contributed by atoms with van der Waals surface area (Å²) >= 11 is 0. The average molecular weight is 432 g/mol. The second-order valence-corrected chi connectivity index (χ2v) is 9.02. The topological polar surface area (TPSA) is 124 Å². The molecule has 0 bridgehead atoms. The van der Waals surface area contributed by atoms with E-state index in [4.69, 9.17) is 5.26 Å². The molecule has 0 radical (unpaired) electrons. The number of fused-ring (bicyclic) bond motifs is 1. The lowest BCUT2D eigenvalue weighted by atomic mass is 9.92. The second-order valence-electron chi connectivity index (χ2n) is 7.33. The van der Waals surface area contributed by atoms with E-state index in [1.54, 1.807) is 13.1 Å². The first-order valence-electron chi connectivity index (χ1n) is 9.07. The van der Waals surface area contributed by atoms with Crippen LogP contribution in [0.15, 0.2) is 41.9 Å². The number of carbonyl (C=O) groups excluding carboxylic acids is 1. The number of hydrogen-bond donors (Lipinski definition) is 3. The van der Waals surface area contributed by atoms with Crippen molar-refractivity contribution < 1.29 is 22.7 Å². The van der Waals surface area contributed by atoms with Gasteiger partial charge in [-0.15, -0.1) is 6.58 Å². The Hall–Kier alpha value is -3.00. The third kappa shape index (κ3) is 3.87. The van der Waals surface area contributed by atoms with Crippen LogP contribution in [0.5, 0.6) is 0 Å². The van der Waals surface area contributed by atoms with Gasteiger partial charge in [0, 0.05) is 24.5 Å². The Labute approximate surface area is 173 Å². The number of aliphatic hydroxyl groups is 1. The number of nitrogens with zero attached hydrogens (tertiary/aromatic N) is 2. The number of aromatic nitrogens is 1. The summed E-state index contributed by atoms with van der Waals surface area (Å²) in [5.74, 6) is -1.31. The summed E-state index contributed by atoms with van der Waals surface area (Å²) in [5.41, 5.74) is -1.05. The molecular weight excluding hydrogens is 411 g/mol. The fourth-order valence-corrected chi connectivity index (χ4v) is 5.13. The van der Waals surface area contributed by atoms with Crippen LogP contribution in [0.4, 0.5) is 10.1 Å². The van der Waals surface area contributed by atoms with E-state index in [9.17, 15) is 22.7 Å². The number of rotatable bonds is 4. The summed E-state index contributed by atoms with van der Waals surface area (Å²) in [5, 5.41) is 22.0. The number of benzene rings is 1. The third-order valence-electron chi connectivity index (χ3n) is 5.20. The largest absolute Gasteiger partial charge is 0.384 e. The second kappa shape index (κ2) is 7.68. The molecule has 1 aliphatic rings. The number of sulfonamides is 1. The molecular formula is C20H21FN4O4S. The van der Waals surface area contributed by atoms with Gasteiger partial charge in [-0.2, -0.15) is 5.26 Å². The van der Waals surface area contributed by atoms with Gasteiger partial charge in [0.2, 0.25) is 10.0 Å². The smallest absolute Gasteiger partial charge is 0.272 e. The van der Waals surface area contributed by atoms with Crippen LogP contribution in [-0.4, -0.2) is 35.6 Å². The van der Waals surface area contributed by atoms with E-state index < -0.39 is 33.4 Å². The fourth-order valence-electron chi connectivity index (χ4n) is 3.45. The number of hydrogen-bond acceptors (Lipinski definition) is 5. The SMILES string of the molecule is C=CC(C)(O)C1CCc2c(cn(C)c2C(=O)Nc2ccc(F)c(C#N)c2)S(=O)(=O)N1. The predicted octanol–water partition coefficient (Wildman–Crippen LogP) is 1.82. The molecule has 2 unspecified atom stereocenters. The van der Waals surface area contributed by atoms with E-state index in [-0.39, 0.29) is 34.7 Å². The predicted molar refractivity (Wildman–Crippen MR) is 108 cm³/mol. The van der Waals surface area contributed by atoms with Crippen molar-refractivity contribution in [3.05, 3.63) is 59.7 Å². The van der Waals surface area contributed by atoms with E-state index in [0.29, 0.717) is 5.56 Å². The third-order valence-corrected chi connectivity index (χ3v) is 6.72. The lowest BCUT2D eigenvalue weighted by molar-refractivity contribution is 0.0731. The standard InChI is InChI=1S/C20H21FN4O4S/c1-4-20(2,27)17-8-6-14-16(30(28,29)24-17)11-25(3)18(14)19(26)23-13-5-7-15(21)12(9-13)10-22/h4-5,7,9,11,17,24,27H,1,6,8H2,2-3H3,(H,23,26). The highest BCUT2D eigenvalue weighted by molar-refractivity contribution is 7.89. The van der Waals surface area contributed by atoms with Gasteiger partial charge in [0.1, 0.15) is 22.5 Å². The van der Waals surface area contributed by atoms with Crippen LogP contribution in [0.1, 0.15) is 35.0 Å². The zero-order chi connectivity index (χ0) is 22.3. The molecule has 2 atom stereocenters. The van der Waals surface area contributed by atoms with Gasteiger partial charge in [0.05, 0.1) is 17.2 Å². The molecule has 8 nitrogen and oxygen atoms in total. The van der Waals surface area contributed by atoms with Gasteiger partial charge in [-0.05, 0) is 38.0 Å². The molecule has 1 aromatic heterocycles. The van der Waals surface area contributed by atoms with Crippen molar-refractivity contribution in [2.45, 2.75) is 36.3 Å². The quantitative estimate of drug-likeness (QED) is 0.636. The Bertz CT molecular complexity index is 1180. The number of amides is 1. The minimum absolute atomic E-state index is 0.0469. The van der Waals surface area contributed by atoms with E-state index in [2.05, 4.69) is 16.6 Å². The van der Waals surface area contributed by atoms with Crippen molar-refractivity contribution in [2.75, 3.05) is 5.32 Å². The van der Waals surface area contributed by atoms with Gasteiger partial charge < -0.3 is 15.0 Å². The number of aryl methyl sites for hydroxylation is 1. The van der Waals surface area contributed by atoms with Crippen molar-refractivity contribution in [3.63, 3.8) is 0 Å². The van der Waals surface area contributed by atoms with E-state index >= 15 is 0 Å². The molecule has 0 fully saturated rings. The van der Waals surface area contributed by atoms with Gasteiger partial charge in [-0.3, -0.25) is 4.79 Å². The fraction of sp³-hybridized carbons (Fsp3) is 0.300. The summed E-state index contributed by atoms with van der Waals surface area (Å²) < 4.78 is 43.1. The minimum atomic E-state index is -4.00. The summed E-state index contributed by atoms with van der Waals surface area (Å²) in [6.45, 7) is 5.00. The minimum Gasteiger partial charge on any atom is -0.384 e. The maximum absolute atomic E-state index is 13.5. The molecule has 1 amide bonds. The summed E-state index contributed by atoms with van der Waals surface area (Å²) in [7, 11) is -2.45. The summed E-state index contributed by atoms with van der Waals surface area (Å²) in [6, 6.07) is 4.46. The Balaban J connectivity index is 1.99. The van der Waals surface area contributed by atoms with Crippen molar-refractivity contribution in [1.82, 2.24) is 9.29 Å². The van der Waals surface area contributed by atoms with E-state index in [1.807, 2.05) is 0 Å². The highest BCUT2D eigenvalue weighted by Crippen LogP contribution is 2.30. The molecule has 0 saturated carbocycles. The number of nitrogens with one attached hydrogen (secondary N) is 2. The first-order valence-corrected chi connectivity index (χ1v) is 10.6. The molecule has 30 heavy (non-hydrogen) atoms. The summed E-state index contributed by atoms with van der Waals surface area (Å²) in [6.07, 6.45) is 3.06. The van der Waals surface area contributed by atoms with Gasteiger partial charge in [0.15, 0.2) is 0 Å². The highest BCUT2D eigenvalue weighted by Gasteiger charge is 2.38. The van der Waals surface area contributed by atoms with Crippen molar-refractivity contribution >= 4 is 21.6 Å². The van der Waals surface area contributed by atoms with Crippen LogP contribution < -0.4 is 10.0 Å². The van der Waals surface area contributed by atoms with E-state index in [0.717, 1.165) is 6.07 Å². The lowest BCUT2D eigenvalue weighted by Gasteiger charge is -2.29. The van der Waals surface area contributed by atoms with Crippen molar-refractivity contribution in [3.8, 4) is 6.07 Å². The number of carbonyl (C=O) groups is 1. The molecule has 2 aromatic rings. The monoisotopic (exact) mass is 432 g/mol. The average Bonchev–Trinajstić information content (AvgIpc) is 2.97. The molecule has 10 heteroatoms. The zero-order valence-electron chi connectivity index (χ0n) is 16.4. The number of nitriles is 1. The number of anilines is 1. The van der Waals surface area contributed by atoms with Crippen molar-refractivity contribution in [2.24, 2.45) is 7.05 Å². The molecule has 0 aliphatic carbocycles. The first-order chi connectivity index (χ1) is 14.0. The van der Waals surface area contributed by atoms with Gasteiger partial charge in [0.25, 0.3) is 5.91 Å². The maximum Gasteiger partial charge on any atom is 0.272 e. The molecule has 0 saturated heterocycles. The van der Waals surface area contributed by atoms with Crippen LogP contribution in [0.25, 0.3) is 0 Å². The highest BCUT2D eigenvalue weighted by atomic mass is 32.2. The molecule has 2 heterocycles. The molecule has 0 spiro atoms. The van der Waals surface area contributed by atoms with Crippen LogP contribution in [-0.2, 0) is 23.5 Å². The van der Waals surface area contributed by atoms with Gasteiger partial charge in [-0.1, -0.05) is 6.08 Å². The first kappa shape index (κ1) is 21.7. The molecule has 1 aromatic carbocycles. The van der Waals surface area contributed by atoms with Gasteiger partial charge >= 0.3 is 0 Å². The molecule has 3 rings (SSSR count). The Morgan fingerprint density at radius 2 is 2.23 bits per heavy atom. The molecule has 1 aliphatic heterocycles.